The summed E-state index contributed by atoms with van der Waals surface area (Å²) in [7, 11) is 0. The van der Waals surface area contributed by atoms with Gasteiger partial charge in [0, 0.05) is 16.8 Å². The van der Waals surface area contributed by atoms with Crippen LogP contribution >= 0.6 is 11.6 Å². The first kappa shape index (κ1) is 22.5. The zero-order chi connectivity index (χ0) is 24.5. The largest absolute Gasteiger partial charge is 0.489 e. The summed E-state index contributed by atoms with van der Waals surface area (Å²) in [4.78, 5) is 31.6. The Balaban J connectivity index is 1.35. The number of fused-ring (bicyclic) bond motifs is 2. The quantitative estimate of drug-likeness (QED) is 0.546. The molecule has 35 heavy (non-hydrogen) atoms. The maximum atomic E-state index is 12.8. The topological polar surface area (TPSA) is 88.8 Å². The number of nitrogens with one attached hydrogen (secondary N) is 1. The van der Waals surface area contributed by atoms with Crippen LogP contribution in [0.25, 0.3) is 16.8 Å². The molecule has 182 valence electrons. The fraction of sp³-hybridized carbons (Fsp3) is 0.462. The van der Waals surface area contributed by atoms with Crippen molar-refractivity contribution in [1.29, 1.82) is 0 Å². The summed E-state index contributed by atoms with van der Waals surface area (Å²) in [6.07, 6.45) is 5.35. The summed E-state index contributed by atoms with van der Waals surface area (Å²) in [6, 6.07) is 5.72. The molecule has 1 aromatic carbocycles. The lowest BCUT2D eigenvalue weighted by atomic mass is 10.0. The zero-order valence-electron chi connectivity index (χ0n) is 20.0. The fourth-order valence-corrected chi connectivity index (χ4v) is 6.03. The van der Waals surface area contributed by atoms with Crippen LogP contribution in [0.4, 0.5) is 0 Å². The summed E-state index contributed by atoms with van der Waals surface area (Å²) in [5.74, 6) is 0.249. The smallest absolute Gasteiger partial charge is 0.233 e. The lowest BCUT2D eigenvalue weighted by Gasteiger charge is -2.26. The fourth-order valence-electron chi connectivity index (χ4n) is 5.76. The van der Waals surface area contributed by atoms with E-state index in [-0.39, 0.29) is 41.7 Å². The summed E-state index contributed by atoms with van der Waals surface area (Å²) in [5, 5.41) is 8.34. The monoisotopic (exact) mass is 493 g/mol. The normalized spacial score (nSPS) is 23.7. The molecule has 3 aromatic rings. The van der Waals surface area contributed by atoms with Crippen molar-refractivity contribution in [2.45, 2.75) is 46.3 Å². The number of benzene rings is 1. The van der Waals surface area contributed by atoms with Crippen LogP contribution in [-0.2, 0) is 16.1 Å². The number of rotatable bonds is 5. The second-order valence-electron chi connectivity index (χ2n) is 10.5. The van der Waals surface area contributed by atoms with E-state index in [4.69, 9.17) is 16.3 Å². The highest BCUT2D eigenvalue weighted by Gasteiger charge is 2.72. The second kappa shape index (κ2) is 8.03. The minimum absolute atomic E-state index is 0.0744. The van der Waals surface area contributed by atoms with Crippen molar-refractivity contribution >= 4 is 28.9 Å². The van der Waals surface area contributed by atoms with Crippen molar-refractivity contribution in [1.82, 2.24) is 24.8 Å². The number of piperidine rings is 2. The molecule has 3 fully saturated rings. The van der Waals surface area contributed by atoms with Crippen LogP contribution in [-0.4, -0.2) is 50.5 Å². The lowest BCUT2D eigenvalue weighted by Crippen LogP contribution is -2.35. The Labute approximate surface area is 208 Å². The number of nitrogens with zero attached hydrogens (tertiary/aromatic N) is 4. The van der Waals surface area contributed by atoms with Gasteiger partial charge in [0.15, 0.2) is 0 Å². The van der Waals surface area contributed by atoms with Gasteiger partial charge in [0.1, 0.15) is 23.9 Å². The van der Waals surface area contributed by atoms with Gasteiger partial charge in [-0.25, -0.2) is 9.50 Å². The Morgan fingerprint density at radius 3 is 2.57 bits per heavy atom. The van der Waals surface area contributed by atoms with E-state index in [9.17, 15) is 9.59 Å². The summed E-state index contributed by atoms with van der Waals surface area (Å²) < 4.78 is 8.22. The number of aromatic nitrogens is 3. The minimum Gasteiger partial charge on any atom is -0.489 e. The second-order valence-corrected chi connectivity index (χ2v) is 10.9. The highest BCUT2D eigenvalue weighted by atomic mass is 35.5. The lowest BCUT2D eigenvalue weighted by molar-refractivity contribution is -0.143. The molecule has 2 saturated heterocycles. The third-order valence-electron chi connectivity index (χ3n) is 7.76. The zero-order valence-corrected chi connectivity index (χ0v) is 20.8. The van der Waals surface area contributed by atoms with E-state index >= 15 is 0 Å². The first-order chi connectivity index (χ1) is 16.8. The number of ether oxygens (including phenoxy) is 1. The predicted molar refractivity (Wildman–Crippen MR) is 131 cm³/mol. The average Bonchev–Trinajstić information content (AvgIpc) is 3.07. The van der Waals surface area contributed by atoms with Crippen molar-refractivity contribution < 1.29 is 14.3 Å². The molecule has 0 radical (unpaired) electrons. The van der Waals surface area contributed by atoms with Gasteiger partial charge in [-0.2, -0.15) is 5.10 Å². The number of hydrogen-bond acceptors (Lipinski definition) is 6. The van der Waals surface area contributed by atoms with Crippen molar-refractivity contribution in [2.75, 3.05) is 13.1 Å². The maximum absolute atomic E-state index is 12.8. The van der Waals surface area contributed by atoms with Crippen molar-refractivity contribution in [3.63, 3.8) is 0 Å². The molecule has 0 bridgehead atoms. The summed E-state index contributed by atoms with van der Waals surface area (Å²) in [5.41, 5.74) is 3.83. The average molecular weight is 494 g/mol. The van der Waals surface area contributed by atoms with E-state index in [1.165, 1.54) is 11.2 Å². The number of likely N-dealkylation sites (tertiary alicyclic amines) is 1. The van der Waals surface area contributed by atoms with E-state index in [1.54, 1.807) is 4.52 Å². The molecule has 2 amide bonds. The summed E-state index contributed by atoms with van der Waals surface area (Å²) >= 11 is 6.46. The van der Waals surface area contributed by atoms with Crippen LogP contribution in [0.5, 0.6) is 5.75 Å². The predicted octanol–water partition coefficient (Wildman–Crippen LogP) is 3.63. The van der Waals surface area contributed by atoms with Crippen LogP contribution in [0.1, 0.15) is 37.8 Å². The van der Waals surface area contributed by atoms with Crippen LogP contribution in [0, 0.1) is 24.2 Å². The molecule has 4 heterocycles. The minimum atomic E-state index is -0.218. The van der Waals surface area contributed by atoms with E-state index in [0.717, 1.165) is 53.9 Å². The number of aryl methyl sites for hydroxylation is 1. The van der Waals surface area contributed by atoms with Gasteiger partial charge in [0.05, 0.1) is 23.9 Å². The third kappa shape index (κ3) is 3.62. The van der Waals surface area contributed by atoms with Crippen LogP contribution in [0.2, 0.25) is 5.02 Å². The van der Waals surface area contributed by atoms with Crippen molar-refractivity contribution in [3.05, 3.63) is 46.9 Å². The standard InChI is InChI=1S/C26H28ClN5O3/c1-14-8-16(27)10-18(23(14)35-17-4-6-28-7-5-17)22-19-9-15(12-32(19)30-13-29-22)11-31-24(33)20-21(25(31)34)26(20,2)3/h8-10,12-13,17,20-21,28H,4-7,11H2,1-3H3. The molecule has 6 rings (SSSR count). The van der Waals surface area contributed by atoms with Gasteiger partial charge < -0.3 is 10.1 Å². The number of amides is 2. The molecule has 2 atom stereocenters. The first-order valence-corrected chi connectivity index (χ1v) is 12.5. The third-order valence-corrected chi connectivity index (χ3v) is 7.98. The van der Waals surface area contributed by atoms with E-state index in [2.05, 4.69) is 15.4 Å². The first-order valence-electron chi connectivity index (χ1n) is 12.1. The Morgan fingerprint density at radius 2 is 1.86 bits per heavy atom. The van der Waals surface area contributed by atoms with Gasteiger partial charge in [0.25, 0.3) is 0 Å². The molecule has 2 aliphatic heterocycles. The molecule has 1 N–H and O–H groups in total. The van der Waals surface area contributed by atoms with Gasteiger partial charge in [-0.1, -0.05) is 25.4 Å². The van der Waals surface area contributed by atoms with Gasteiger partial charge >= 0.3 is 0 Å². The van der Waals surface area contributed by atoms with Crippen molar-refractivity contribution in [2.24, 2.45) is 17.3 Å². The van der Waals surface area contributed by atoms with Gasteiger partial charge in [0.2, 0.25) is 11.8 Å². The molecule has 2 aromatic heterocycles. The maximum Gasteiger partial charge on any atom is 0.233 e. The molecular weight excluding hydrogens is 466 g/mol. The molecule has 1 aliphatic carbocycles. The highest BCUT2D eigenvalue weighted by Crippen LogP contribution is 2.63. The Bertz CT molecular complexity index is 1340. The molecule has 0 spiro atoms. The number of halogens is 1. The molecule has 9 heteroatoms. The Morgan fingerprint density at radius 1 is 1.14 bits per heavy atom. The number of carbonyl (C=O) groups is 2. The van der Waals surface area contributed by atoms with Gasteiger partial charge in [-0.05, 0) is 67.6 Å². The van der Waals surface area contributed by atoms with Gasteiger partial charge in [-0.3, -0.25) is 14.5 Å². The van der Waals surface area contributed by atoms with E-state index in [1.807, 2.05) is 45.2 Å². The van der Waals surface area contributed by atoms with E-state index in [0.29, 0.717) is 10.7 Å². The van der Waals surface area contributed by atoms with Crippen molar-refractivity contribution in [3.8, 4) is 17.0 Å². The van der Waals surface area contributed by atoms with E-state index < -0.39 is 0 Å². The number of hydrogen-bond donors (Lipinski definition) is 1. The van der Waals surface area contributed by atoms with Gasteiger partial charge in [-0.15, -0.1) is 0 Å². The SMILES string of the molecule is Cc1cc(Cl)cc(-c2ncnn3cc(CN4C(=O)C5C(C4=O)C5(C)C)cc23)c1OC1CCNCC1. The summed E-state index contributed by atoms with van der Waals surface area (Å²) in [6.45, 7) is 8.06. The molecule has 1 saturated carbocycles. The molecule has 8 nitrogen and oxygen atoms in total. The molecule has 2 unspecified atom stereocenters. The highest BCUT2D eigenvalue weighted by molar-refractivity contribution is 6.31. The molecular formula is C26H28ClN5O3. The van der Waals surface area contributed by atoms with Crippen LogP contribution in [0.15, 0.2) is 30.7 Å². The Kier molecular flexibility index (Phi) is 5.16. The number of carbonyl (C=O) groups excluding carboxylic acids is 2. The Hall–Kier alpha value is -2.97. The number of imide groups is 1. The van der Waals surface area contributed by atoms with Crippen LogP contribution in [0.3, 0.4) is 0 Å². The van der Waals surface area contributed by atoms with Crippen LogP contribution < -0.4 is 10.1 Å². The molecule has 3 aliphatic rings.